The highest BCUT2D eigenvalue weighted by atomic mass is 32.1. The number of ether oxygens (including phenoxy) is 1. The second kappa shape index (κ2) is 9.06. The van der Waals surface area contributed by atoms with Crippen LogP contribution in [0.15, 0.2) is 42.5 Å². The average molecular weight is 398 g/mol. The lowest BCUT2D eigenvalue weighted by Crippen LogP contribution is -2.31. The highest BCUT2D eigenvalue weighted by Crippen LogP contribution is 2.23. The first-order valence-electron chi connectivity index (χ1n) is 9.60. The van der Waals surface area contributed by atoms with E-state index in [9.17, 15) is 4.79 Å². The predicted octanol–water partition coefficient (Wildman–Crippen LogP) is 4.43. The Morgan fingerprint density at radius 1 is 1.14 bits per heavy atom. The number of anilines is 2. The molecule has 0 saturated carbocycles. The van der Waals surface area contributed by atoms with Crippen molar-refractivity contribution in [2.75, 3.05) is 30.4 Å². The van der Waals surface area contributed by atoms with Gasteiger partial charge in [0.1, 0.15) is 0 Å². The number of hydrogen-bond donors (Lipinski definition) is 2. The Balaban J connectivity index is 1.62. The molecule has 0 aromatic heterocycles. The van der Waals surface area contributed by atoms with Crippen molar-refractivity contribution < 1.29 is 9.53 Å². The van der Waals surface area contributed by atoms with Gasteiger partial charge in [-0.05, 0) is 74.3 Å². The summed E-state index contributed by atoms with van der Waals surface area (Å²) >= 11 is 5.48. The van der Waals surface area contributed by atoms with Crippen LogP contribution in [0.4, 0.5) is 11.4 Å². The molecule has 2 aromatic carbocycles. The van der Waals surface area contributed by atoms with Crippen LogP contribution < -0.4 is 15.5 Å². The van der Waals surface area contributed by atoms with Crippen LogP contribution in [0.1, 0.15) is 47.3 Å². The molecule has 0 spiro atoms. The Hall–Kier alpha value is -2.60. The van der Waals surface area contributed by atoms with Gasteiger partial charge >= 0.3 is 5.97 Å². The molecule has 0 radical (unpaired) electrons. The van der Waals surface area contributed by atoms with Gasteiger partial charge in [-0.15, -0.1) is 0 Å². The van der Waals surface area contributed by atoms with E-state index in [1.807, 2.05) is 19.1 Å². The number of hydrogen-bond acceptors (Lipinski definition) is 4. The summed E-state index contributed by atoms with van der Waals surface area (Å²) in [6.45, 7) is 6.24. The van der Waals surface area contributed by atoms with E-state index in [1.165, 1.54) is 31.2 Å². The van der Waals surface area contributed by atoms with Gasteiger partial charge in [0.25, 0.3) is 0 Å². The van der Waals surface area contributed by atoms with Crippen molar-refractivity contribution in [2.24, 2.45) is 0 Å². The smallest absolute Gasteiger partial charge is 0.338 e. The zero-order valence-electron chi connectivity index (χ0n) is 16.6. The third-order valence-electron chi connectivity index (χ3n) is 5.20. The molecule has 1 fully saturated rings. The van der Waals surface area contributed by atoms with E-state index in [0.29, 0.717) is 10.7 Å². The molecule has 0 aliphatic carbocycles. The van der Waals surface area contributed by atoms with Crippen LogP contribution in [0, 0.1) is 6.92 Å². The van der Waals surface area contributed by atoms with Gasteiger partial charge in [-0.2, -0.15) is 0 Å². The normalized spacial score (nSPS) is 14.5. The SMILES string of the molecule is COC(=O)c1cccc(NC(=S)NC(C)c2ccc(N3CCCC3)cc2)c1C. The zero-order valence-corrected chi connectivity index (χ0v) is 17.4. The fourth-order valence-corrected chi connectivity index (χ4v) is 3.78. The van der Waals surface area contributed by atoms with Crippen molar-refractivity contribution in [3.05, 3.63) is 59.2 Å². The van der Waals surface area contributed by atoms with Crippen LogP contribution in [0.2, 0.25) is 0 Å². The van der Waals surface area contributed by atoms with E-state index in [2.05, 4.69) is 46.7 Å². The number of carbonyl (C=O) groups excluding carboxylic acids is 1. The van der Waals surface area contributed by atoms with Crippen molar-refractivity contribution in [1.82, 2.24) is 5.32 Å². The Kier molecular flexibility index (Phi) is 6.52. The minimum Gasteiger partial charge on any atom is -0.465 e. The van der Waals surface area contributed by atoms with E-state index >= 15 is 0 Å². The first-order chi connectivity index (χ1) is 13.5. The summed E-state index contributed by atoms with van der Waals surface area (Å²) in [6, 6.07) is 14.2. The summed E-state index contributed by atoms with van der Waals surface area (Å²) in [7, 11) is 1.38. The van der Waals surface area contributed by atoms with Gasteiger partial charge in [-0.1, -0.05) is 18.2 Å². The summed E-state index contributed by atoms with van der Waals surface area (Å²) in [6.07, 6.45) is 2.55. The van der Waals surface area contributed by atoms with E-state index in [1.54, 1.807) is 6.07 Å². The van der Waals surface area contributed by atoms with Crippen molar-refractivity contribution in [2.45, 2.75) is 32.7 Å². The zero-order chi connectivity index (χ0) is 20.1. The molecular weight excluding hydrogens is 370 g/mol. The molecular formula is C22H27N3O2S. The van der Waals surface area contributed by atoms with Crippen LogP contribution in [0.25, 0.3) is 0 Å². The maximum absolute atomic E-state index is 11.9. The quantitative estimate of drug-likeness (QED) is 0.575. The van der Waals surface area contributed by atoms with Gasteiger partial charge in [0, 0.05) is 24.5 Å². The summed E-state index contributed by atoms with van der Waals surface area (Å²) in [4.78, 5) is 14.3. The number of benzene rings is 2. The number of rotatable bonds is 5. The van der Waals surface area contributed by atoms with Crippen molar-refractivity contribution in [3.63, 3.8) is 0 Å². The Labute approximate surface area is 172 Å². The van der Waals surface area contributed by atoms with E-state index in [-0.39, 0.29) is 12.0 Å². The molecule has 1 aliphatic rings. The van der Waals surface area contributed by atoms with Crippen LogP contribution >= 0.6 is 12.2 Å². The standard InChI is InChI=1S/C22H27N3O2S/c1-15-19(21(26)27-3)7-6-8-20(15)24-22(28)23-16(2)17-9-11-18(12-10-17)25-13-4-5-14-25/h6-12,16H,4-5,13-14H2,1-3H3,(H2,23,24,28). The number of nitrogens with one attached hydrogen (secondary N) is 2. The molecule has 6 heteroatoms. The third-order valence-corrected chi connectivity index (χ3v) is 5.42. The molecule has 2 aromatic rings. The number of thiocarbonyl (C=S) groups is 1. The molecule has 5 nitrogen and oxygen atoms in total. The fourth-order valence-electron chi connectivity index (χ4n) is 3.49. The van der Waals surface area contributed by atoms with Crippen LogP contribution in [0.5, 0.6) is 0 Å². The number of methoxy groups -OCH3 is 1. The molecule has 1 atom stereocenters. The number of esters is 1. The predicted molar refractivity (Wildman–Crippen MR) is 118 cm³/mol. The van der Waals surface area contributed by atoms with Crippen LogP contribution in [-0.2, 0) is 4.74 Å². The molecule has 148 valence electrons. The largest absolute Gasteiger partial charge is 0.465 e. The molecule has 3 rings (SSSR count). The molecule has 1 unspecified atom stereocenters. The molecule has 0 bridgehead atoms. The Bertz CT molecular complexity index is 845. The highest BCUT2D eigenvalue weighted by Gasteiger charge is 2.15. The number of carbonyl (C=O) groups is 1. The molecule has 1 heterocycles. The maximum atomic E-state index is 11.9. The second-order valence-corrected chi connectivity index (χ2v) is 7.48. The van der Waals surface area contributed by atoms with Crippen molar-refractivity contribution in [1.29, 1.82) is 0 Å². The minimum atomic E-state index is -0.355. The first kappa shape index (κ1) is 20.1. The van der Waals surface area contributed by atoms with Gasteiger partial charge in [0.15, 0.2) is 5.11 Å². The molecule has 1 saturated heterocycles. The fraction of sp³-hybridized carbons (Fsp3) is 0.364. The topological polar surface area (TPSA) is 53.6 Å². The Morgan fingerprint density at radius 3 is 2.46 bits per heavy atom. The Morgan fingerprint density at radius 2 is 1.82 bits per heavy atom. The average Bonchev–Trinajstić information content (AvgIpc) is 3.24. The van der Waals surface area contributed by atoms with Crippen LogP contribution in [-0.4, -0.2) is 31.3 Å². The summed E-state index contributed by atoms with van der Waals surface area (Å²) in [5.41, 5.74) is 4.58. The number of nitrogens with zero attached hydrogens (tertiary/aromatic N) is 1. The van der Waals surface area contributed by atoms with Gasteiger partial charge in [-0.3, -0.25) is 0 Å². The molecule has 0 amide bonds. The van der Waals surface area contributed by atoms with Gasteiger partial charge in [-0.25, -0.2) is 4.79 Å². The third kappa shape index (κ3) is 4.62. The summed E-state index contributed by atoms with van der Waals surface area (Å²) in [5, 5.41) is 7.02. The van der Waals surface area contributed by atoms with E-state index < -0.39 is 0 Å². The van der Waals surface area contributed by atoms with Crippen molar-refractivity contribution in [3.8, 4) is 0 Å². The molecule has 2 N–H and O–H groups in total. The highest BCUT2D eigenvalue weighted by molar-refractivity contribution is 7.80. The molecule has 1 aliphatic heterocycles. The molecule has 28 heavy (non-hydrogen) atoms. The minimum absolute atomic E-state index is 0.0664. The van der Waals surface area contributed by atoms with Gasteiger partial charge in [0.05, 0.1) is 18.7 Å². The monoisotopic (exact) mass is 397 g/mol. The second-order valence-electron chi connectivity index (χ2n) is 7.08. The summed E-state index contributed by atoms with van der Waals surface area (Å²) < 4.78 is 4.83. The van der Waals surface area contributed by atoms with Gasteiger partial charge < -0.3 is 20.3 Å². The van der Waals surface area contributed by atoms with E-state index in [0.717, 1.165) is 24.3 Å². The maximum Gasteiger partial charge on any atom is 0.338 e. The van der Waals surface area contributed by atoms with Crippen LogP contribution in [0.3, 0.4) is 0 Å². The van der Waals surface area contributed by atoms with Crippen molar-refractivity contribution >= 4 is 34.7 Å². The van der Waals surface area contributed by atoms with E-state index in [4.69, 9.17) is 17.0 Å². The first-order valence-corrected chi connectivity index (χ1v) is 10.0. The lowest BCUT2D eigenvalue weighted by atomic mass is 10.1. The summed E-state index contributed by atoms with van der Waals surface area (Å²) in [5.74, 6) is -0.355. The van der Waals surface area contributed by atoms with Gasteiger partial charge in [0.2, 0.25) is 0 Å². The lowest BCUT2D eigenvalue weighted by Gasteiger charge is -2.21. The lowest BCUT2D eigenvalue weighted by molar-refractivity contribution is 0.0600.